The fourth-order valence-electron chi connectivity index (χ4n) is 4.10. The van der Waals surface area contributed by atoms with Crippen LogP contribution in [0.4, 0.5) is 11.4 Å². The summed E-state index contributed by atoms with van der Waals surface area (Å²) < 4.78 is 1.25. The summed E-state index contributed by atoms with van der Waals surface area (Å²) in [6.45, 7) is 2.18. The molecular formula is C25H20N4O3. The number of rotatable bonds is 3. The molecule has 0 spiro atoms. The van der Waals surface area contributed by atoms with Crippen LogP contribution in [0, 0.1) is 0 Å². The monoisotopic (exact) mass is 424 g/mol. The zero-order valence-corrected chi connectivity index (χ0v) is 17.4. The molecule has 0 fully saturated rings. The Morgan fingerprint density at radius 3 is 2.41 bits per heavy atom. The Morgan fingerprint density at radius 2 is 1.66 bits per heavy atom. The highest BCUT2D eigenvalue weighted by atomic mass is 16.2. The van der Waals surface area contributed by atoms with Crippen molar-refractivity contribution in [1.82, 2.24) is 9.78 Å². The van der Waals surface area contributed by atoms with Gasteiger partial charge in [-0.1, -0.05) is 36.4 Å². The molecule has 1 aliphatic rings. The number of hydrogen-bond acceptors (Lipinski definition) is 4. The topological polar surface area (TPSA) is 84.3 Å². The quantitative estimate of drug-likeness (QED) is 0.545. The van der Waals surface area contributed by atoms with Gasteiger partial charge in [0.2, 0.25) is 5.91 Å². The molecule has 0 saturated carbocycles. The number of carbonyl (C=O) groups is 2. The van der Waals surface area contributed by atoms with Crippen LogP contribution in [0.1, 0.15) is 23.0 Å². The average molecular weight is 424 g/mol. The summed E-state index contributed by atoms with van der Waals surface area (Å²) >= 11 is 0. The van der Waals surface area contributed by atoms with Gasteiger partial charge in [0.25, 0.3) is 11.5 Å². The summed E-state index contributed by atoms with van der Waals surface area (Å²) in [6, 6.07) is 21.5. The minimum atomic E-state index is -0.410. The first kappa shape index (κ1) is 19.7. The molecule has 1 aliphatic heterocycles. The second-order valence-corrected chi connectivity index (χ2v) is 7.66. The van der Waals surface area contributed by atoms with Gasteiger partial charge in [0.1, 0.15) is 0 Å². The number of carbonyl (C=O) groups excluding carboxylic acids is 2. The predicted molar refractivity (Wildman–Crippen MR) is 123 cm³/mol. The van der Waals surface area contributed by atoms with Gasteiger partial charge in [-0.2, -0.15) is 9.78 Å². The molecule has 0 aliphatic carbocycles. The molecule has 2 amide bonds. The van der Waals surface area contributed by atoms with Gasteiger partial charge >= 0.3 is 0 Å². The molecule has 158 valence electrons. The van der Waals surface area contributed by atoms with E-state index in [0.717, 1.165) is 17.7 Å². The predicted octanol–water partition coefficient (Wildman–Crippen LogP) is 3.55. The smallest absolute Gasteiger partial charge is 0.279 e. The van der Waals surface area contributed by atoms with Crippen molar-refractivity contribution in [2.75, 3.05) is 16.8 Å². The van der Waals surface area contributed by atoms with E-state index in [1.54, 1.807) is 54.3 Å². The van der Waals surface area contributed by atoms with Crippen molar-refractivity contribution in [2.45, 2.75) is 13.3 Å². The van der Waals surface area contributed by atoms with Crippen LogP contribution in [0.25, 0.3) is 16.5 Å². The van der Waals surface area contributed by atoms with Gasteiger partial charge < -0.3 is 10.2 Å². The van der Waals surface area contributed by atoms with Crippen LogP contribution in [-0.2, 0) is 11.2 Å². The van der Waals surface area contributed by atoms with Gasteiger partial charge in [0.05, 0.1) is 11.1 Å². The summed E-state index contributed by atoms with van der Waals surface area (Å²) in [5.74, 6) is -0.411. The van der Waals surface area contributed by atoms with Gasteiger partial charge in [-0.05, 0) is 48.4 Å². The third-order valence-corrected chi connectivity index (χ3v) is 5.63. The average Bonchev–Trinajstić information content (AvgIpc) is 3.23. The lowest BCUT2D eigenvalue weighted by molar-refractivity contribution is -0.116. The van der Waals surface area contributed by atoms with E-state index in [0.29, 0.717) is 28.7 Å². The highest BCUT2D eigenvalue weighted by molar-refractivity contribution is 6.11. The maximum Gasteiger partial charge on any atom is 0.279 e. The molecule has 7 nitrogen and oxygen atoms in total. The standard InChI is InChI=1S/C25H20N4O3/c1-16(30)28-14-13-17-15-18(11-12-22(17)28)26-24(31)23-20-9-5-6-10-21(20)25(32)29(27-23)19-7-3-2-4-8-19/h2-12,15H,13-14H2,1H3,(H,26,31). The SMILES string of the molecule is CC(=O)N1CCc2cc(NC(=O)c3nn(-c4ccccc4)c(=O)c4ccccc34)ccc21. The lowest BCUT2D eigenvalue weighted by Gasteiger charge is -2.15. The molecule has 1 N–H and O–H groups in total. The maximum absolute atomic E-state index is 13.2. The van der Waals surface area contributed by atoms with Crippen molar-refractivity contribution in [1.29, 1.82) is 0 Å². The van der Waals surface area contributed by atoms with Crippen molar-refractivity contribution in [3.05, 3.63) is 94.4 Å². The molecule has 0 saturated heterocycles. The highest BCUT2D eigenvalue weighted by Crippen LogP contribution is 2.30. The molecular weight excluding hydrogens is 404 g/mol. The fourth-order valence-corrected chi connectivity index (χ4v) is 4.10. The number of amides is 2. The van der Waals surface area contributed by atoms with Crippen LogP contribution in [0.15, 0.2) is 77.6 Å². The van der Waals surface area contributed by atoms with E-state index in [1.165, 1.54) is 4.68 Å². The van der Waals surface area contributed by atoms with Crippen LogP contribution in [0.2, 0.25) is 0 Å². The Hall–Kier alpha value is -4.26. The van der Waals surface area contributed by atoms with E-state index in [9.17, 15) is 14.4 Å². The van der Waals surface area contributed by atoms with Crippen molar-refractivity contribution in [3.63, 3.8) is 0 Å². The molecule has 32 heavy (non-hydrogen) atoms. The van der Waals surface area contributed by atoms with Crippen molar-refractivity contribution < 1.29 is 9.59 Å². The summed E-state index contributed by atoms with van der Waals surface area (Å²) in [4.78, 5) is 39.8. The van der Waals surface area contributed by atoms with Crippen LogP contribution < -0.4 is 15.8 Å². The summed E-state index contributed by atoms with van der Waals surface area (Å²) in [6.07, 6.45) is 0.735. The minimum absolute atomic E-state index is 0.000579. The maximum atomic E-state index is 13.2. The number of anilines is 2. The van der Waals surface area contributed by atoms with Crippen LogP contribution in [0.5, 0.6) is 0 Å². The highest BCUT2D eigenvalue weighted by Gasteiger charge is 2.23. The third-order valence-electron chi connectivity index (χ3n) is 5.63. The van der Waals surface area contributed by atoms with E-state index in [2.05, 4.69) is 10.4 Å². The normalized spacial score (nSPS) is 12.6. The first-order valence-corrected chi connectivity index (χ1v) is 10.3. The van der Waals surface area contributed by atoms with E-state index in [-0.39, 0.29) is 17.2 Å². The molecule has 5 rings (SSSR count). The lowest BCUT2D eigenvalue weighted by Crippen LogP contribution is -2.26. The minimum Gasteiger partial charge on any atom is -0.321 e. The number of benzene rings is 3. The second-order valence-electron chi connectivity index (χ2n) is 7.66. The van der Waals surface area contributed by atoms with E-state index < -0.39 is 5.91 Å². The lowest BCUT2D eigenvalue weighted by atomic mass is 10.1. The molecule has 0 bridgehead atoms. The van der Waals surface area contributed by atoms with Gasteiger partial charge in [-0.25, -0.2) is 0 Å². The third kappa shape index (κ3) is 3.33. The van der Waals surface area contributed by atoms with Crippen LogP contribution in [0.3, 0.4) is 0 Å². The van der Waals surface area contributed by atoms with Crippen molar-refractivity contribution in [2.24, 2.45) is 0 Å². The first-order valence-electron chi connectivity index (χ1n) is 10.3. The van der Waals surface area contributed by atoms with Crippen LogP contribution >= 0.6 is 0 Å². The first-order chi connectivity index (χ1) is 15.5. The Morgan fingerprint density at radius 1 is 0.938 bits per heavy atom. The van der Waals surface area contributed by atoms with E-state index in [4.69, 9.17) is 0 Å². The van der Waals surface area contributed by atoms with Gasteiger partial charge in [0, 0.05) is 30.2 Å². The van der Waals surface area contributed by atoms with Crippen LogP contribution in [-0.4, -0.2) is 28.1 Å². The molecule has 1 aromatic heterocycles. The number of nitrogens with one attached hydrogen (secondary N) is 1. The Bertz CT molecular complexity index is 1430. The number of hydrogen-bond donors (Lipinski definition) is 1. The molecule has 4 aromatic rings. The number of aromatic nitrogens is 2. The summed E-state index contributed by atoms with van der Waals surface area (Å²) in [5.41, 5.74) is 2.95. The van der Waals surface area contributed by atoms with E-state index in [1.807, 2.05) is 30.3 Å². The largest absolute Gasteiger partial charge is 0.321 e. The molecule has 0 atom stereocenters. The molecule has 7 heteroatoms. The van der Waals surface area contributed by atoms with E-state index >= 15 is 0 Å². The van der Waals surface area contributed by atoms with Gasteiger partial charge in [-0.15, -0.1) is 0 Å². The number of para-hydroxylation sites is 1. The fraction of sp³-hybridized carbons (Fsp3) is 0.120. The zero-order valence-electron chi connectivity index (χ0n) is 17.4. The zero-order chi connectivity index (χ0) is 22.2. The Balaban J connectivity index is 1.55. The number of fused-ring (bicyclic) bond motifs is 2. The molecule has 3 aromatic carbocycles. The Kier molecular flexibility index (Phi) is 4.78. The van der Waals surface area contributed by atoms with Gasteiger partial charge in [-0.3, -0.25) is 14.4 Å². The summed E-state index contributed by atoms with van der Waals surface area (Å²) in [5, 5.41) is 8.23. The molecule has 0 unspecified atom stereocenters. The van der Waals surface area contributed by atoms with Gasteiger partial charge in [0.15, 0.2) is 5.69 Å². The second kappa shape index (κ2) is 7.77. The van der Waals surface area contributed by atoms with Crippen molar-refractivity contribution in [3.8, 4) is 5.69 Å². The molecule has 2 heterocycles. The number of nitrogens with zero attached hydrogens (tertiary/aromatic N) is 3. The summed E-state index contributed by atoms with van der Waals surface area (Å²) in [7, 11) is 0. The molecule has 0 radical (unpaired) electrons. The van der Waals surface area contributed by atoms with Crippen molar-refractivity contribution >= 4 is 34.0 Å². The Labute approximate surface area is 183 Å².